The smallest absolute Gasteiger partial charge is 0.0566 e. The maximum absolute atomic E-state index is 3.54. The molecule has 3 heterocycles. The SMILES string of the molecule is Brc1ccc2[nH]c(-c3ccc(-c4cc5ccc(Br)cc5[nH]4)s3)cc2c1. The summed E-state index contributed by atoms with van der Waals surface area (Å²) in [7, 11) is 0. The minimum absolute atomic E-state index is 1.09. The summed E-state index contributed by atoms with van der Waals surface area (Å²) in [6, 6.07) is 21.4. The van der Waals surface area contributed by atoms with Gasteiger partial charge in [0.1, 0.15) is 0 Å². The number of fused-ring (bicyclic) bond motifs is 2. The number of nitrogens with one attached hydrogen (secondary N) is 2. The summed E-state index contributed by atoms with van der Waals surface area (Å²) >= 11 is 8.86. The molecular formula is C20H12Br2N2S. The van der Waals surface area contributed by atoms with Crippen molar-refractivity contribution < 1.29 is 0 Å². The highest BCUT2D eigenvalue weighted by molar-refractivity contribution is 9.10. The highest BCUT2D eigenvalue weighted by Crippen LogP contribution is 2.36. The molecule has 0 aliphatic carbocycles. The molecule has 2 aromatic carbocycles. The van der Waals surface area contributed by atoms with Crippen molar-refractivity contribution in [1.29, 1.82) is 0 Å². The molecule has 0 unspecified atom stereocenters. The lowest BCUT2D eigenvalue weighted by molar-refractivity contribution is 1.47. The van der Waals surface area contributed by atoms with Crippen molar-refractivity contribution >= 4 is 65.0 Å². The molecule has 5 heteroatoms. The van der Waals surface area contributed by atoms with Crippen LogP contribution < -0.4 is 0 Å². The maximum Gasteiger partial charge on any atom is 0.0566 e. The predicted octanol–water partition coefficient (Wildman–Crippen LogP) is 7.57. The van der Waals surface area contributed by atoms with Crippen LogP contribution in [-0.2, 0) is 0 Å². The van der Waals surface area contributed by atoms with Crippen LogP contribution in [-0.4, -0.2) is 9.97 Å². The lowest BCUT2D eigenvalue weighted by atomic mass is 10.2. The van der Waals surface area contributed by atoms with Crippen LogP contribution >= 0.6 is 43.2 Å². The molecule has 0 fully saturated rings. The fourth-order valence-corrected chi connectivity index (χ4v) is 4.78. The van der Waals surface area contributed by atoms with Gasteiger partial charge in [0.25, 0.3) is 0 Å². The second kappa shape index (κ2) is 5.87. The number of H-pyrrole nitrogens is 2. The Hall–Kier alpha value is -1.82. The van der Waals surface area contributed by atoms with Gasteiger partial charge in [-0.1, -0.05) is 37.9 Å². The van der Waals surface area contributed by atoms with Gasteiger partial charge in [0.15, 0.2) is 0 Å². The van der Waals surface area contributed by atoms with Crippen molar-refractivity contribution in [2.24, 2.45) is 0 Å². The van der Waals surface area contributed by atoms with Crippen LogP contribution in [0.2, 0.25) is 0 Å². The second-order valence-electron chi connectivity index (χ2n) is 5.99. The van der Waals surface area contributed by atoms with Crippen LogP contribution in [0.1, 0.15) is 0 Å². The Morgan fingerprint density at radius 1 is 0.600 bits per heavy atom. The topological polar surface area (TPSA) is 31.6 Å². The molecular weight excluding hydrogens is 460 g/mol. The summed E-state index contributed by atoms with van der Waals surface area (Å²) in [4.78, 5) is 9.50. The Labute approximate surface area is 165 Å². The Bertz CT molecular complexity index is 1130. The number of hydrogen-bond donors (Lipinski definition) is 2. The molecule has 5 aromatic rings. The van der Waals surface area contributed by atoms with Crippen LogP contribution in [0.15, 0.2) is 69.6 Å². The van der Waals surface area contributed by atoms with E-state index in [1.165, 1.54) is 20.5 Å². The van der Waals surface area contributed by atoms with Gasteiger partial charge >= 0.3 is 0 Å². The van der Waals surface area contributed by atoms with E-state index in [9.17, 15) is 0 Å². The first-order chi connectivity index (χ1) is 12.2. The van der Waals surface area contributed by atoms with E-state index >= 15 is 0 Å². The number of aromatic nitrogens is 2. The number of benzene rings is 2. The molecule has 122 valence electrons. The summed E-state index contributed by atoms with van der Waals surface area (Å²) in [6.07, 6.45) is 0. The molecule has 0 radical (unpaired) electrons. The first-order valence-electron chi connectivity index (χ1n) is 7.83. The van der Waals surface area contributed by atoms with Crippen molar-refractivity contribution in [3.8, 4) is 21.1 Å². The van der Waals surface area contributed by atoms with E-state index in [2.05, 4.69) is 102 Å². The van der Waals surface area contributed by atoms with Crippen molar-refractivity contribution in [2.75, 3.05) is 0 Å². The molecule has 0 aliphatic rings. The fraction of sp³-hybridized carbons (Fsp3) is 0. The minimum Gasteiger partial charge on any atom is -0.354 e. The molecule has 0 saturated heterocycles. The summed E-state index contributed by atoms with van der Waals surface area (Å²) in [5.74, 6) is 0. The molecule has 0 spiro atoms. The van der Waals surface area contributed by atoms with Gasteiger partial charge < -0.3 is 9.97 Å². The van der Waals surface area contributed by atoms with E-state index in [0.29, 0.717) is 0 Å². The van der Waals surface area contributed by atoms with Crippen LogP contribution in [0.3, 0.4) is 0 Å². The molecule has 0 saturated carbocycles. The van der Waals surface area contributed by atoms with Gasteiger partial charge in [0.05, 0.1) is 21.1 Å². The van der Waals surface area contributed by atoms with Crippen molar-refractivity contribution in [3.05, 3.63) is 69.6 Å². The van der Waals surface area contributed by atoms with Gasteiger partial charge in [-0.05, 0) is 54.6 Å². The zero-order valence-electron chi connectivity index (χ0n) is 12.9. The third kappa shape index (κ3) is 2.76. The molecule has 3 aromatic heterocycles. The number of halogens is 2. The maximum atomic E-state index is 3.54. The summed E-state index contributed by atoms with van der Waals surface area (Å²) in [5, 5.41) is 2.44. The van der Waals surface area contributed by atoms with Gasteiger partial charge in [-0.2, -0.15) is 0 Å². The average molecular weight is 472 g/mol. The molecule has 25 heavy (non-hydrogen) atoms. The fourth-order valence-electron chi connectivity index (χ4n) is 3.10. The largest absolute Gasteiger partial charge is 0.354 e. The number of hydrogen-bond acceptors (Lipinski definition) is 1. The van der Waals surface area contributed by atoms with E-state index < -0.39 is 0 Å². The third-order valence-corrected chi connectivity index (χ3v) is 6.44. The predicted molar refractivity (Wildman–Crippen MR) is 114 cm³/mol. The highest BCUT2D eigenvalue weighted by Gasteiger charge is 2.10. The number of thiophene rings is 1. The minimum atomic E-state index is 1.09. The lowest BCUT2D eigenvalue weighted by Crippen LogP contribution is -1.70. The number of rotatable bonds is 2. The second-order valence-corrected chi connectivity index (χ2v) is 8.91. The molecule has 0 bridgehead atoms. The third-order valence-electron chi connectivity index (χ3n) is 4.30. The monoisotopic (exact) mass is 470 g/mol. The zero-order valence-corrected chi connectivity index (χ0v) is 16.9. The molecule has 2 N–H and O–H groups in total. The van der Waals surface area contributed by atoms with Crippen molar-refractivity contribution in [1.82, 2.24) is 9.97 Å². The Morgan fingerprint density at radius 3 is 2.04 bits per heavy atom. The molecule has 2 nitrogen and oxygen atoms in total. The Kier molecular flexibility index (Phi) is 3.62. The standard InChI is InChI=1S/C20H12Br2N2S/c21-13-3-4-15-12(7-13)9-18(23-15)20-6-5-19(25-20)17-8-11-1-2-14(22)10-16(11)24-17/h1-10,23-24H. The van der Waals surface area contributed by atoms with Crippen LogP contribution in [0, 0.1) is 0 Å². The summed E-state index contributed by atoms with van der Waals surface area (Å²) in [5.41, 5.74) is 4.62. The first kappa shape index (κ1) is 15.4. The van der Waals surface area contributed by atoms with Gasteiger partial charge in [0.2, 0.25) is 0 Å². The van der Waals surface area contributed by atoms with Gasteiger partial charge in [-0.25, -0.2) is 0 Å². The quantitative estimate of drug-likeness (QED) is 0.266. The van der Waals surface area contributed by atoms with Gasteiger partial charge in [0, 0.05) is 30.8 Å². The van der Waals surface area contributed by atoms with Crippen LogP contribution in [0.4, 0.5) is 0 Å². The average Bonchev–Trinajstić information content (AvgIpc) is 3.30. The van der Waals surface area contributed by atoms with E-state index in [1.54, 1.807) is 11.3 Å². The first-order valence-corrected chi connectivity index (χ1v) is 10.2. The molecule has 5 rings (SSSR count). The zero-order chi connectivity index (χ0) is 17.0. The highest BCUT2D eigenvalue weighted by atomic mass is 79.9. The van der Waals surface area contributed by atoms with E-state index in [0.717, 1.165) is 31.4 Å². The van der Waals surface area contributed by atoms with Crippen molar-refractivity contribution in [3.63, 3.8) is 0 Å². The summed E-state index contributed by atoms with van der Waals surface area (Å²) < 4.78 is 2.19. The Balaban J connectivity index is 1.56. The normalized spacial score (nSPS) is 11.6. The van der Waals surface area contributed by atoms with Gasteiger partial charge in [-0.15, -0.1) is 11.3 Å². The molecule has 0 aliphatic heterocycles. The summed E-state index contributed by atoms with van der Waals surface area (Å²) in [6.45, 7) is 0. The van der Waals surface area contributed by atoms with Gasteiger partial charge in [-0.3, -0.25) is 0 Å². The Morgan fingerprint density at radius 2 is 1.24 bits per heavy atom. The van der Waals surface area contributed by atoms with E-state index in [-0.39, 0.29) is 0 Å². The number of aromatic amines is 2. The van der Waals surface area contributed by atoms with Crippen LogP contribution in [0.5, 0.6) is 0 Å². The van der Waals surface area contributed by atoms with Crippen molar-refractivity contribution in [2.45, 2.75) is 0 Å². The van der Waals surface area contributed by atoms with Crippen LogP contribution in [0.25, 0.3) is 42.9 Å². The molecule has 0 atom stereocenters. The lowest BCUT2D eigenvalue weighted by Gasteiger charge is -1.92. The van der Waals surface area contributed by atoms with E-state index in [1.807, 2.05) is 0 Å². The van der Waals surface area contributed by atoms with E-state index in [4.69, 9.17) is 0 Å². The molecule has 0 amide bonds.